The van der Waals surface area contributed by atoms with Crippen molar-refractivity contribution < 1.29 is 13.2 Å². The maximum absolute atomic E-state index is 12.5. The maximum atomic E-state index is 12.5. The van der Waals surface area contributed by atoms with Gasteiger partial charge in [-0.1, -0.05) is 6.92 Å². The summed E-state index contributed by atoms with van der Waals surface area (Å²) in [7, 11) is -0.161. The summed E-state index contributed by atoms with van der Waals surface area (Å²) in [5.41, 5.74) is 2.37. The van der Waals surface area contributed by atoms with Crippen LogP contribution in [0.1, 0.15) is 24.5 Å². The highest BCUT2D eigenvalue weighted by Gasteiger charge is 2.23. The van der Waals surface area contributed by atoms with E-state index >= 15 is 0 Å². The summed E-state index contributed by atoms with van der Waals surface area (Å²) in [4.78, 5) is 0.353. The lowest BCUT2D eigenvalue weighted by Crippen LogP contribution is -2.38. The van der Waals surface area contributed by atoms with E-state index in [9.17, 15) is 8.42 Å². The molecule has 1 aromatic rings. The van der Waals surface area contributed by atoms with Crippen molar-refractivity contribution in [2.45, 2.75) is 38.1 Å². The van der Waals surface area contributed by atoms with Crippen LogP contribution >= 0.6 is 0 Å². The average molecular weight is 300 g/mol. The molecule has 0 spiro atoms. The molecule has 0 radical (unpaired) electrons. The van der Waals surface area contributed by atoms with Gasteiger partial charge in [-0.2, -0.15) is 0 Å². The monoisotopic (exact) mass is 300 g/mol. The van der Waals surface area contributed by atoms with Gasteiger partial charge in [-0.15, -0.1) is 0 Å². The molecule has 0 aliphatic rings. The summed E-state index contributed by atoms with van der Waals surface area (Å²) in [5.74, 6) is 0. The third-order valence-corrected chi connectivity index (χ3v) is 5.03. The number of anilines is 1. The number of rotatable bonds is 7. The van der Waals surface area contributed by atoms with Crippen molar-refractivity contribution in [3.63, 3.8) is 0 Å². The smallest absolute Gasteiger partial charge is 0.241 e. The minimum absolute atomic E-state index is 0.215. The van der Waals surface area contributed by atoms with E-state index in [1.54, 1.807) is 21.0 Å². The molecule has 0 aromatic heterocycles. The van der Waals surface area contributed by atoms with Gasteiger partial charge < -0.3 is 10.1 Å². The van der Waals surface area contributed by atoms with Gasteiger partial charge in [0, 0.05) is 25.9 Å². The highest BCUT2D eigenvalue weighted by atomic mass is 32.2. The van der Waals surface area contributed by atoms with Gasteiger partial charge in [0.25, 0.3) is 0 Å². The molecule has 1 aromatic carbocycles. The Balaban J connectivity index is 3.15. The molecule has 1 rings (SSSR count). The first-order valence-electron chi connectivity index (χ1n) is 6.66. The molecule has 0 aliphatic carbocycles. The zero-order valence-corrected chi connectivity index (χ0v) is 13.6. The Morgan fingerprint density at radius 2 is 1.80 bits per heavy atom. The molecule has 0 aliphatic heterocycles. The first-order chi connectivity index (χ1) is 9.35. The fourth-order valence-electron chi connectivity index (χ4n) is 2.23. The Labute approximate surface area is 121 Å². The molecule has 0 saturated heterocycles. The van der Waals surface area contributed by atoms with Crippen LogP contribution in [0.4, 0.5) is 5.69 Å². The fraction of sp³-hybridized carbons (Fsp3) is 0.571. The van der Waals surface area contributed by atoms with Gasteiger partial charge in [0.1, 0.15) is 0 Å². The van der Waals surface area contributed by atoms with Crippen molar-refractivity contribution in [2.75, 3.05) is 26.1 Å². The first kappa shape index (κ1) is 16.9. The van der Waals surface area contributed by atoms with Crippen LogP contribution in [0.25, 0.3) is 0 Å². The van der Waals surface area contributed by atoms with Crippen LogP contribution in [-0.2, 0) is 14.8 Å². The Bertz CT molecular complexity index is 533. The molecule has 2 N–H and O–H groups in total. The minimum atomic E-state index is -3.54. The van der Waals surface area contributed by atoms with Gasteiger partial charge >= 0.3 is 0 Å². The Kier molecular flexibility index (Phi) is 5.98. The predicted molar refractivity (Wildman–Crippen MR) is 81.7 cm³/mol. The molecular formula is C14H24N2O3S. The Morgan fingerprint density at radius 1 is 1.25 bits per heavy atom. The Hall–Kier alpha value is -1.11. The number of hydrogen-bond donors (Lipinski definition) is 2. The molecule has 1 atom stereocenters. The van der Waals surface area contributed by atoms with Crippen molar-refractivity contribution in [1.29, 1.82) is 0 Å². The number of ether oxygens (including phenoxy) is 1. The molecule has 0 fully saturated rings. The van der Waals surface area contributed by atoms with E-state index < -0.39 is 10.0 Å². The van der Waals surface area contributed by atoms with Gasteiger partial charge in [-0.05, 0) is 43.5 Å². The molecule has 114 valence electrons. The van der Waals surface area contributed by atoms with E-state index in [0.29, 0.717) is 17.9 Å². The molecule has 1 unspecified atom stereocenters. The van der Waals surface area contributed by atoms with Crippen LogP contribution in [0.5, 0.6) is 0 Å². The molecule has 0 saturated carbocycles. The van der Waals surface area contributed by atoms with Crippen LogP contribution in [0.3, 0.4) is 0 Å². The van der Waals surface area contributed by atoms with Crippen molar-refractivity contribution in [2.24, 2.45) is 0 Å². The number of nitrogens with one attached hydrogen (secondary N) is 2. The highest BCUT2D eigenvalue weighted by Crippen LogP contribution is 2.24. The van der Waals surface area contributed by atoms with Crippen LogP contribution in [0.2, 0.25) is 0 Å². The number of sulfonamides is 1. The standard InChI is InChI=1S/C14H24N2O3S/c1-6-12(9-19-5)16-20(17,18)14-10(2)7-13(15-4)8-11(14)3/h7-8,12,15-16H,6,9H2,1-5H3. The number of methoxy groups -OCH3 is 1. The predicted octanol–water partition coefficient (Wildman–Crippen LogP) is 2.05. The number of aryl methyl sites for hydroxylation is 2. The fourth-order valence-corrected chi connectivity index (χ4v) is 3.99. The lowest BCUT2D eigenvalue weighted by atomic mass is 10.1. The zero-order chi connectivity index (χ0) is 15.3. The highest BCUT2D eigenvalue weighted by molar-refractivity contribution is 7.89. The second kappa shape index (κ2) is 7.06. The Morgan fingerprint density at radius 3 is 2.20 bits per heavy atom. The van der Waals surface area contributed by atoms with Gasteiger partial charge in [0.15, 0.2) is 0 Å². The van der Waals surface area contributed by atoms with Gasteiger partial charge in [0.2, 0.25) is 10.0 Å². The molecular weight excluding hydrogens is 276 g/mol. The molecule has 0 amide bonds. The zero-order valence-electron chi connectivity index (χ0n) is 12.8. The van der Waals surface area contributed by atoms with E-state index in [1.807, 2.05) is 26.1 Å². The van der Waals surface area contributed by atoms with Crippen molar-refractivity contribution >= 4 is 15.7 Å². The van der Waals surface area contributed by atoms with Crippen molar-refractivity contribution in [3.8, 4) is 0 Å². The summed E-state index contributed by atoms with van der Waals surface area (Å²) >= 11 is 0. The number of hydrogen-bond acceptors (Lipinski definition) is 4. The largest absolute Gasteiger partial charge is 0.388 e. The summed E-state index contributed by atoms with van der Waals surface area (Å²) in [5, 5.41) is 3.02. The summed E-state index contributed by atoms with van der Waals surface area (Å²) in [6, 6.07) is 3.45. The van der Waals surface area contributed by atoms with Gasteiger partial charge in [-0.25, -0.2) is 13.1 Å². The molecule has 5 nitrogen and oxygen atoms in total. The van der Waals surface area contributed by atoms with Crippen LogP contribution in [0.15, 0.2) is 17.0 Å². The number of benzene rings is 1. The molecule has 6 heteroatoms. The van der Waals surface area contributed by atoms with Crippen molar-refractivity contribution in [3.05, 3.63) is 23.3 Å². The second-order valence-electron chi connectivity index (χ2n) is 4.87. The first-order valence-corrected chi connectivity index (χ1v) is 8.14. The third kappa shape index (κ3) is 3.94. The molecule has 20 heavy (non-hydrogen) atoms. The SMILES string of the molecule is CCC(COC)NS(=O)(=O)c1c(C)cc(NC)cc1C. The van der Waals surface area contributed by atoms with E-state index in [0.717, 1.165) is 16.8 Å². The van der Waals surface area contributed by atoms with Crippen LogP contribution in [-0.4, -0.2) is 35.2 Å². The second-order valence-corrected chi connectivity index (χ2v) is 6.52. The minimum Gasteiger partial charge on any atom is -0.388 e. The topological polar surface area (TPSA) is 67.4 Å². The van der Waals surface area contributed by atoms with Gasteiger partial charge in [-0.3, -0.25) is 0 Å². The third-order valence-electron chi connectivity index (χ3n) is 3.20. The summed E-state index contributed by atoms with van der Waals surface area (Å²) in [6.45, 7) is 5.90. The maximum Gasteiger partial charge on any atom is 0.241 e. The lowest BCUT2D eigenvalue weighted by molar-refractivity contribution is 0.173. The van der Waals surface area contributed by atoms with Crippen LogP contribution < -0.4 is 10.0 Å². The molecule has 0 heterocycles. The van der Waals surface area contributed by atoms with E-state index in [1.165, 1.54) is 0 Å². The van der Waals surface area contributed by atoms with E-state index in [-0.39, 0.29) is 6.04 Å². The van der Waals surface area contributed by atoms with E-state index in [2.05, 4.69) is 10.0 Å². The summed E-state index contributed by atoms with van der Waals surface area (Å²) in [6.07, 6.45) is 0.680. The lowest BCUT2D eigenvalue weighted by Gasteiger charge is -2.19. The average Bonchev–Trinajstić information content (AvgIpc) is 2.36. The van der Waals surface area contributed by atoms with E-state index in [4.69, 9.17) is 4.74 Å². The van der Waals surface area contributed by atoms with Gasteiger partial charge in [0.05, 0.1) is 11.5 Å². The normalized spacial score (nSPS) is 13.2. The molecule has 0 bridgehead atoms. The van der Waals surface area contributed by atoms with Crippen molar-refractivity contribution in [1.82, 2.24) is 4.72 Å². The quantitative estimate of drug-likeness (QED) is 0.809. The summed E-state index contributed by atoms with van der Waals surface area (Å²) < 4.78 is 32.8. The van der Waals surface area contributed by atoms with Crippen LogP contribution in [0, 0.1) is 13.8 Å².